The molecule has 132 valence electrons. The van der Waals surface area contributed by atoms with Crippen molar-refractivity contribution in [2.45, 2.75) is 40.0 Å². The standard InChI is InChI=1S/C21H21N3O2/c1-12-7-6-8-13(2)18(12)19-14(3)23-24-17(15-9-4-5-10-15)11-16(21(25)26)22-20(19)24/h6-9,11H,4-5,10H2,1-3H3,(H,25,26). The first kappa shape index (κ1) is 16.5. The van der Waals surface area contributed by atoms with Crippen LogP contribution in [-0.4, -0.2) is 25.7 Å². The van der Waals surface area contributed by atoms with Gasteiger partial charge in [0.1, 0.15) is 0 Å². The predicted octanol–water partition coefficient (Wildman–Crippen LogP) is 4.59. The maximum atomic E-state index is 11.7. The van der Waals surface area contributed by atoms with Gasteiger partial charge in [0.05, 0.1) is 17.0 Å². The third-order valence-corrected chi connectivity index (χ3v) is 5.08. The lowest BCUT2D eigenvalue weighted by Gasteiger charge is -2.11. The molecule has 4 rings (SSSR count). The third kappa shape index (κ3) is 2.51. The van der Waals surface area contributed by atoms with Crippen LogP contribution in [0.4, 0.5) is 0 Å². The van der Waals surface area contributed by atoms with Crippen molar-refractivity contribution >= 4 is 17.2 Å². The molecule has 2 heterocycles. The van der Waals surface area contributed by atoms with E-state index in [1.54, 1.807) is 6.07 Å². The summed E-state index contributed by atoms with van der Waals surface area (Å²) in [6.07, 6.45) is 5.23. The van der Waals surface area contributed by atoms with Crippen LogP contribution in [0.15, 0.2) is 30.3 Å². The molecule has 0 amide bonds. The van der Waals surface area contributed by atoms with Gasteiger partial charge in [0.25, 0.3) is 0 Å². The molecular weight excluding hydrogens is 326 g/mol. The highest BCUT2D eigenvalue weighted by Crippen LogP contribution is 2.35. The van der Waals surface area contributed by atoms with Gasteiger partial charge in [0, 0.05) is 0 Å². The monoisotopic (exact) mass is 347 g/mol. The molecule has 0 fully saturated rings. The van der Waals surface area contributed by atoms with Crippen LogP contribution in [0.5, 0.6) is 0 Å². The Hall–Kier alpha value is -2.95. The summed E-state index contributed by atoms with van der Waals surface area (Å²) in [5, 5.41) is 14.3. The highest BCUT2D eigenvalue weighted by atomic mass is 16.4. The van der Waals surface area contributed by atoms with E-state index >= 15 is 0 Å². The maximum absolute atomic E-state index is 11.7. The number of allylic oxidation sites excluding steroid dienone is 2. The van der Waals surface area contributed by atoms with E-state index in [-0.39, 0.29) is 5.69 Å². The van der Waals surface area contributed by atoms with Crippen molar-refractivity contribution in [2.75, 3.05) is 0 Å². The Kier molecular flexibility index (Phi) is 3.87. The number of carbonyl (C=O) groups is 1. The van der Waals surface area contributed by atoms with E-state index in [0.29, 0.717) is 5.65 Å². The second kappa shape index (κ2) is 6.09. The van der Waals surface area contributed by atoms with Crippen molar-refractivity contribution in [1.82, 2.24) is 14.6 Å². The number of aromatic carboxylic acids is 1. The SMILES string of the molecule is Cc1cccc(C)c1-c1c(C)nn2c(C3=CCCC3)cc(C(=O)O)nc12. The van der Waals surface area contributed by atoms with Crippen molar-refractivity contribution < 1.29 is 9.90 Å². The van der Waals surface area contributed by atoms with E-state index in [2.05, 4.69) is 37.0 Å². The number of aryl methyl sites for hydroxylation is 3. The minimum Gasteiger partial charge on any atom is -0.477 e. The number of hydrogen-bond acceptors (Lipinski definition) is 3. The zero-order chi connectivity index (χ0) is 18.4. The van der Waals surface area contributed by atoms with Gasteiger partial charge in [-0.05, 0) is 68.4 Å². The molecule has 5 heteroatoms. The Labute approximate surface area is 152 Å². The van der Waals surface area contributed by atoms with Crippen LogP contribution in [0.25, 0.3) is 22.3 Å². The number of aromatic nitrogens is 3. The van der Waals surface area contributed by atoms with Gasteiger partial charge in [0.2, 0.25) is 0 Å². The van der Waals surface area contributed by atoms with Crippen molar-refractivity contribution in [3.63, 3.8) is 0 Å². The van der Waals surface area contributed by atoms with Gasteiger partial charge in [0.15, 0.2) is 11.3 Å². The van der Waals surface area contributed by atoms with Crippen LogP contribution in [0.3, 0.4) is 0 Å². The summed E-state index contributed by atoms with van der Waals surface area (Å²) in [5.41, 5.74) is 7.79. The Bertz CT molecular complexity index is 1060. The van der Waals surface area contributed by atoms with Crippen molar-refractivity contribution in [3.8, 4) is 11.1 Å². The lowest BCUT2D eigenvalue weighted by Crippen LogP contribution is -2.07. The molecule has 5 nitrogen and oxygen atoms in total. The Morgan fingerprint density at radius 3 is 2.50 bits per heavy atom. The summed E-state index contributed by atoms with van der Waals surface area (Å²) in [4.78, 5) is 16.1. The van der Waals surface area contributed by atoms with Gasteiger partial charge < -0.3 is 5.11 Å². The van der Waals surface area contributed by atoms with Gasteiger partial charge in [-0.1, -0.05) is 24.3 Å². The van der Waals surface area contributed by atoms with E-state index in [1.807, 2.05) is 17.5 Å². The average Bonchev–Trinajstić information content (AvgIpc) is 3.22. The Morgan fingerprint density at radius 1 is 1.15 bits per heavy atom. The van der Waals surface area contributed by atoms with Crippen LogP contribution in [0.1, 0.15) is 52.3 Å². The van der Waals surface area contributed by atoms with Gasteiger partial charge in [-0.25, -0.2) is 14.3 Å². The number of carboxylic acids is 1. The summed E-state index contributed by atoms with van der Waals surface area (Å²) in [7, 11) is 0. The lowest BCUT2D eigenvalue weighted by molar-refractivity contribution is 0.0690. The zero-order valence-electron chi connectivity index (χ0n) is 15.2. The molecule has 0 saturated heterocycles. The molecule has 0 bridgehead atoms. The molecule has 0 atom stereocenters. The molecule has 1 N–H and O–H groups in total. The van der Waals surface area contributed by atoms with Crippen LogP contribution in [0, 0.1) is 20.8 Å². The summed E-state index contributed by atoms with van der Waals surface area (Å²) in [6, 6.07) is 7.80. The summed E-state index contributed by atoms with van der Waals surface area (Å²) >= 11 is 0. The first-order valence-electron chi connectivity index (χ1n) is 8.87. The van der Waals surface area contributed by atoms with Crippen LogP contribution in [0.2, 0.25) is 0 Å². The normalized spacial score (nSPS) is 14.0. The van der Waals surface area contributed by atoms with E-state index in [9.17, 15) is 9.90 Å². The van der Waals surface area contributed by atoms with Crippen LogP contribution < -0.4 is 0 Å². The summed E-state index contributed by atoms with van der Waals surface area (Å²) in [6.45, 7) is 6.09. The largest absolute Gasteiger partial charge is 0.477 e. The number of hydrogen-bond donors (Lipinski definition) is 1. The quantitative estimate of drug-likeness (QED) is 0.752. The number of nitrogens with zero attached hydrogens (tertiary/aromatic N) is 3. The molecular formula is C21H21N3O2. The molecule has 1 aromatic carbocycles. The molecule has 0 radical (unpaired) electrons. The van der Waals surface area contributed by atoms with Crippen molar-refractivity contribution in [3.05, 3.63) is 58.6 Å². The summed E-state index contributed by atoms with van der Waals surface area (Å²) < 4.78 is 1.82. The molecule has 1 aliphatic carbocycles. The fraction of sp³-hybridized carbons (Fsp3) is 0.286. The van der Waals surface area contributed by atoms with Crippen molar-refractivity contribution in [2.24, 2.45) is 0 Å². The summed E-state index contributed by atoms with van der Waals surface area (Å²) in [5.74, 6) is -1.02. The van der Waals surface area contributed by atoms with Crippen LogP contribution in [-0.2, 0) is 0 Å². The number of fused-ring (bicyclic) bond motifs is 1. The molecule has 0 unspecified atom stereocenters. The molecule has 1 aliphatic rings. The third-order valence-electron chi connectivity index (χ3n) is 5.08. The van der Waals surface area contributed by atoms with Gasteiger partial charge in [-0.2, -0.15) is 5.10 Å². The first-order valence-corrected chi connectivity index (χ1v) is 8.87. The van der Waals surface area contributed by atoms with Gasteiger partial charge in [-0.15, -0.1) is 0 Å². The van der Waals surface area contributed by atoms with E-state index in [0.717, 1.165) is 58.5 Å². The van der Waals surface area contributed by atoms with E-state index in [4.69, 9.17) is 5.10 Å². The minimum atomic E-state index is -1.02. The van der Waals surface area contributed by atoms with Crippen molar-refractivity contribution in [1.29, 1.82) is 0 Å². The predicted molar refractivity (Wildman–Crippen MR) is 101 cm³/mol. The molecule has 0 aliphatic heterocycles. The minimum absolute atomic E-state index is 0.0627. The van der Waals surface area contributed by atoms with E-state index in [1.165, 1.54) is 0 Å². The lowest BCUT2D eigenvalue weighted by atomic mass is 9.96. The second-order valence-corrected chi connectivity index (χ2v) is 6.92. The Morgan fingerprint density at radius 2 is 1.88 bits per heavy atom. The zero-order valence-corrected chi connectivity index (χ0v) is 15.2. The first-order chi connectivity index (χ1) is 12.5. The molecule has 2 aromatic heterocycles. The molecule has 0 saturated carbocycles. The Balaban J connectivity index is 2.10. The molecule has 26 heavy (non-hydrogen) atoms. The topological polar surface area (TPSA) is 67.5 Å². The van der Waals surface area contributed by atoms with Gasteiger partial charge >= 0.3 is 5.97 Å². The highest BCUT2D eigenvalue weighted by Gasteiger charge is 2.22. The second-order valence-electron chi connectivity index (χ2n) is 6.92. The fourth-order valence-corrected chi connectivity index (χ4v) is 3.87. The molecule has 0 spiro atoms. The fourth-order valence-electron chi connectivity index (χ4n) is 3.87. The smallest absolute Gasteiger partial charge is 0.354 e. The van der Waals surface area contributed by atoms with Gasteiger partial charge in [-0.3, -0.25) is 0 Å². The molecule has 3 aromatic rings. The number of carboxylic acid groups (broad SMARTS) is 1. The highest BCUT2D eigenvalue weighted by molar-refractivity contribution is 5.90. The van der Waals surface area contributed by atoms with E-state index < -0.39 is 5.97 Å². The maximum Gasteiger partial charge on any atom is 0.354 e. The number of rotatable bonds is 3. The van der Waals surface area contributed by atoms with Crippen LogP contribution >= 0.6 is 0 Å². The number of benzene rings is 1. The average molecular weight is 347 g/mol.